The number of amides is 3. The number of benzene rings is 4. The molecule has 0 saturated carbocycles. The van der Waals surface area contributed by atoms with Gasteiger partial charge in [0.1, 0.15) is 19.3 Å². The van der Waals surface area contributed by atoms with Crippen molar-refractivity contribution in [3.05, 3.63) is 157 Å². The van der Waals surface area contributed by atoms with Crippen molar-refractivity contribution in [2.75, 3.05) is 19.8 Å². The Morgan fingerprint density at radius 1 is 0.763 bits per heavy atom. The number of carbonyl (C=O) groups is 4. The Kier molecular flexibility index (Phi) is 14.9. The molecule has 0 spiro atoms. The topological polar surface area (TPSA) is 159 Å². The first-order valence-electron chi connectivity index (χ1n) is 20.1. The van der Waals surface area contributed by atoms with E-state index in [1.165, 1.54) is 0 Å². The molecule has 1 aliphatic carbocycles. The smallest absolute Gasteiger partial charge is 0.407 e. The van der Waals surface area contributed by atoms with Crippen LogP contribution in [0.1, 0.15) is 53.9 Å². The van der Waals surface area contributed by atoms with Crippen LogP contribution in [0.25, 0.3) is 22.0 Å². The Bertz CT molecular complexity index is 2190. The number of aliphatic hydroxyl groups is 1. The fraction of sp³-hybridized carbons (Fsp3) is 0.292. The molecule has 0 radical (unpaired) electrons. The second kappa shape index (κ2) is 20.8. The molecule has 1 aliphatic rings. The predicted octanol–water partition coefficient (Wildman–Crippen LogP) is 6.91. The Labute approximate surface area is 344 Å². The molecular formula is C48H52N4O7. The molecule has 6 rings (SSSR count). The highest BCUT2D eigenvalue weighted by Gasteiger charge is 2.31. The van der Waals surface area contributed by atoms with Crippen LogP contribution < -0.4 is 16.0 Å². The number of aliphatic hydroxyl groups excluding tert-OH is 1. The number of ether oxygens (including phenoxy) is 2. The van der Waals surface area contributed by atoms with Crippen LogP contribution in [0.2, 0.25) is 0 Å². The van der Waals surface area contributed by atoms with Crippen LogP contribution in [0, 0.1) is 5.92 Å². The summed E-state index contributed by atoms with van der Waals surface area (Å²) in [6, 6.07) is 31.1. The number of fused-ring (bicyclic) bond motifs is 4. The summed E-state index contributed by atoms with van der Waals surface area (Å²) in [7, 11) is 0. The number of hydrogen-bond donors (Lipinski definition) is 5. The fourth-order valence-electron chi connectivity index (χ4n) is 7.69. The summed E-state index contributed by atoms with van der Waals surface area (Å²) < 4.78 is 11.6. The Balaban J connectivity index is 1.11. The first kappa shape index (κ1) is 42.2. The lowest BCUT2D eigenvalue weighted by Crippen LogP contribution is -2.47. The van der Waals surface area contributed by atoms with Crippen molar-refractivity contribution < 1.29 is 33.8 Å². The van der Waals surface area contributed by atoms with Crippen molar-refractivity contribution in [2.24, 2.45) is 5.92 Å². The largest absolute Gasteiger partial charge is 0.462 e. The van der Waals surface area contributed by atoms with E-state index in [-0.39, 0.29) is 50.9 Å². The number of carbonyl (C=O) groups excluding carboxylic acids is 4. The first-order chi connectivity index (χ1) is 28.8. The van der Waals surface area contributed by atoms with Crippen molar-refractivity contribution in [3.8, 4) is 11.1 Å². The maximum atomic E-state index is 13.9. The highest BCUT2D eigenvalue weighted by Crippen LogP contribution is 2.44. The summed E-state index contributed by atoms with van der Waals surface area (Å²) >= 11 is 0. The van der Waals surface area contributed by atoms with E-state index in [9.17, 15) is 24.3 Å². The van der Waals surface area contributed by atoms with E-state index in [2.05, 4.69) is 46.2 Å². The molecule has 0 bridgehead atoms. The second-order valence-corrected chi connectivity index (χ2v) is 14.8. The summed E-state index contributed by atoms with van der Waals surface area (Å²) in [5, 5.41) is 19.5. The summed E-state index contributed by atoms with van der Waals surface area (Å²) in [6.07, 6.45) is 5.80. The lowest BCUT2D eigenvalue weighted by Gasteiger charge is -2.24. The number of aromatic amines is 1. The van der Waals surface area contributed by atoms with Crippen LogP contribution >= 0.6 is 0 Å². The van der Waals surface area contributed by atoms with Gasteiger partial charge in [-0.05, 0) is 71.6 Å². The number of allylic oxidation sites excluding steroid dienone is 2. The van der Waals surface area contributed by atoms with E-state index in [0.29, 0.717) is 19.3 Å². The molecule has 11 nitrogen and oxygen atoms in total. The van der Waals surface area contributed by atoms with E-state index in [4.69, 9.17) is 9.47 Å². The average Bonchev–Trinajstić information content (AvgIpc) is 3.81. The Morgan fingerprint density at radius 3 is 2.14 bits per heavy atom. The molecule has 0 saturated heterocycles. The number of H-pyrrole nitrogens is 1. The Morgan fingerprint density at radius 2 is 1.44 bits per heavy atom. The van der Waals surface area contributed by atoms with Crippen molar-refractivity contribution in [2.45, 2.75) is 62.6 Å². The van der Waals surface area contributed by atoms with E-state index < -0.39 is 42.0 Å². The lowest BCUT2D eigenvalue weighted by atomic mass is 9.97. The van der Waals surface area contributed by atoms with Gasteiger partial charge in [-0.3, -0.25) is 9.59 Å². The molecule has 4 aromatic carbocycles. The minimum Gasteiger partial charge on any atom is -0.462 e. The van der Waals surface area contributed by atoms with E-state index in [0.717, 1.165) is 44.3 Å². The zero-order valence-electron chi connectivity index (χ0n) is 33.1. The second-order valence-electron chi connectivity index (χ2n) is 14.8. The molecule has 0 unspecified atom stereocenters. The zero-order valence-corrected chi connectivity index (χ0v) is 33.1. The van der Waals surface area contributed by atoms with Gasteiger partial charge < -0.3 is 35.5 Å². The van der Waals surface area contributed by atoms with Crippen LogP contribution in [-0.4, -0.2) is 71.9 Å². The van der Waals surface area contributed by atoms with E-state index in [1.807, 2.05) is 97.2 Å². The van der Waals surface area contributed by atoms with Gasteiger partial charge in [-0.25, -0.2) is 9.59 Å². The van der Waals surface area contributed by atoms with Crippen LogP contribution in [-0.2, 0) is 36.7 Å². The number of alkyl carbamates (subject to hydrolysis) is 1. The molecule has 306 valence electrons. The number of rotatable bonds is 21. The SMILES string of the molecule is C=CCC[C@H](NC(=O)OCC1c2ccccc2-c2ccccc21)C(=O)OC[C@H](Cc1c[nH]c2ccccc12)NC(=O)[C@H](CC=C)CC(=O)N[C@H](CO)Cc1ccccc1. The van der Waals surface area contributed by atoms with E-state index >= 15 is 0 Å². The average molecular weight is 797 g/mol. The molecule has 11 heteroatoms. The molecule has 1 heterocycles. The third-order valence-electron chi connectivity index (χ3n) is 10.7. The van der Waals surface area contributed by atoms with Gasteiger partial charge in [0.2, 0.25) is 11.8 Å². The Hall–Kier alpha value is -6.46. The highest BCUT2D eigenvalue weighted by atomic mass is 16.6. The number of nitrogens with one attached hydrogen (secondary N) is 4. The molecule has 0 aliphatic heterocycles. The normalized spacial score (nSPS) is 13.8. The van der Waals surface area contributed by atoms with Gasteiger partial charge >= 0.3 is 12.1 Å². The van der Waals surface area contributed by atoms with Crippen LogP contribution in [0.4, 0.5) is 4.79 Å². The lowest BCUT2D eigenvalue weighted by molar-refractivity contribution is -0.147. The van der Waals surface area contributed by atoms with Crippen molar-refractivity contribution in [1.82, 2.24) is 20.9 Å². The van der Waals surface area contributed by atoms with Gasteiger partial charge in [0.15, 0.2) is 0 Å². The quantitative estimate of drug-likeness (QED) is 0.0399. The molecular weight excluding hydrogens is 745 g/mol. The van der Waals surface area contributed by atoms with E-state index in [1.54, 1.807) is 12.2 Å². The molecule has 4 atom stereocenters. The van der Waals surface area contributed by atoms with Crippen molar-refractivity contribution in [1.29, 1.82) is 0 Å². The predicted molar refractivity (Wildman–Crippen MR) is 228 cm³/mol. The fourth-order valence-corrected chi connectivity index (χ4v) is 7.69. The minimum atomic E-state index is -1.04. The van der Waals surface area contributed by atoms with Gasteiger partial charge in [0.25, 0.3) is 0 Å². The molecule has 1 aromatic heterocycles. The highest BCUT2D eigenvalue weighted by molar-refractivity contribution is 5.87. The molecule has 59 heavy (non-hydrogen) atoms. The molecule has 5 N–H and O–H groups in total. The summed E-state index contributed by atoms with van der Waals surface area (Å²) in [5.41, 5.74) is 7.12. The van der Waals surface area contributed by atoms with Crippen molar-refractivity contribution in [3.63, 3.8) is 0 Å². The van der Waals surface area contributed by atoms with Gasteiger partial charge in [-0.15, -0.1) is 13.2 Å². The van der Waals surface area contributed by atoms with Gasteiger partial charge in [-0.2, -0.15) is 0 Å². The van der Waals surface area contributed by atoms with Gasteiger partial charge in [0.05, 0.1) is 24.6 Å². The number of hydrogen-bond acceptors (Lipinski definition) is 7. The first-order valence-corrected chi connectivity index (χ1v) is 20.1. The van der Waals surface area contributed by atoms with Gasteiger partial charge in [0, 0.05) is 29.4 Å². The van der Waals surface area contributed by atoms with Gasteiger partial charge in [-0.1, -0.05) is 109 Å². The summed E-state index contributed by atoms with van der Waals surface area (Å²) in [6.45, 7) is 7.18. The molecule has 5 aromatic rings. The maximum Gasteiger partial charge on any atom is 0.407 e. The maximum absolute atomic E-state index is 13.9. The van der Waals surface area contributed by atoms with Crippen molar-refractivity contribution >= 4 is 34.8 Å². The van der Waals surface area contributed by atoms with Crippen LogP contribution in [0.5, 0.6) is 0 Å². The number of aromatic nitrogens is 1. The zero-order chi connectivity index (χ0) is 41.6. The van der Waals surface area contributed by atoms with Crippen LogP contribution in [0.3, 0.4) is 0 Å². The minimum absolute atomic E-state index is 0.0827. The third kappa shape index (κ3) is 11.1. The third-order valence-corrected chi connectivity index (χ3v) is 10.7. The van der Waals surface area contributed by atoms with Crippen LogP contribution in [0.15, 0.2) is 135 Å². The monoisotopic (exact) mass is 796 g/mol. The molecule has 3 amide bonds. The number of esters is 1. The summed E-state index contributed by atoms with van der Waals surface area (Å²) in [5.74, 6) is -2.41. The standard InChI is InChI=1S/C48H52N4O7/c1-3-5-23-44(52-48(57)59-31-42-40-21-11-9-19-38(40)39-20-10-12-22-41(39)42)47(56)58-30-36(26-34-28-49-43-24-14-13-18-37(34)43)51-46(55)33(15-4-2)27-45(54)50-35(29-53)25-32-16-7-6-8-17-32/h3-4,6-14,16-22,24,28,33,35-36,42,44,49,53H,1-2,5,15,23,25-27,29-31H2,(H,50,54)(H,51,55)(H,52,57)/t33-,35+,36+,44+/m1/s1. The molecule has 0 fully saturated rings. The summed E-state index contributed by atoms with van der Waals surface area (Å²) in [4.78, 5) is 57.3. The number of para-hydroxylation sites is 1.